The molecule has 20 heavy (non-hydrogen) atoms. The summed E-state index contributed by atoms with van der Waals surface area (Å²) in [6.07, 6.45) is 0. The fourth-order valence-electron chi connectivity index (χ4n) is 1.60. The van der Waals surface area contributed by atoms with Gasteiger partial charge in [-0.1, -0.05) is 17.4 Å². The van der Waals surface area contributed by atoms with Crippen molar-refractivity contribution >= 4 is 33.7 Å². The highest BCUT2D eigenvalue weighted by Crippen LogP contribution is 2.22. The van der Waals surface area contributed by atoms with Gasteiger partial charge in [-0.3, -0.25) is 4.79 Å². The number of aryl methyl sites for hydroxylation is 1. The summed E-state index contributed by atoms with van der Waals surface area (Å²) >= 11 is 3.00. The van der Waals surface area contributed by atoms with E-state index >= 15 is 0 Å². The van der Waals surface area contributed by atoms with Crippen LogP contribution in [0.2, 0.25) is 0 Å². The minimum absolute atomic E-state index is 0.0757. The van der Waals surface area contributed by atoms with Gasteiger partial charge < -0.3 is 15.4 Å². The summed E-state index contributed by atoms with van der Waals surface area (Å²) in [6.45, 7) is 3.69. The predicted molar refractivity (Wildman–Crippen MR) is 82.7 cm³/mol. The monoisotopic (exact) mass is 311 g/mol. The normalized spacial score (nSPS) is 10.5. The maximum Gasteiger partial charge on any atom is 0.263 e. The lowest BCUT2D eigenvalue weighted by Gasteiger charge is -2.01. The Morgan fingerprint density at radius 2 is 2.35 bits per heavy atom. The number of rotatable bonds is 7. The summed E-state index contributed by atoms with van der Waals surface area (Å²) < 4.78 is 4.96. The Labute approximate surface area is 126 Å². The molecule has 0 aliphatic heterocycles. The highest BCUT2D eigenvalue weighted by molar-refractivity contribution is 7.17. The van der Waals surface area contributed by atoms with Gasteiger partial charge in [-0.2, -0.15) is 0 Å². The molecular formula is C13H17N3O2S2. The van der Waals surface area contributed by atoms with Crippen molar-refractivity contribution in [3.8, 4) is 0 Å². The molecule has 2 rings (SSSR count). The minimum Gasteiger partial charge on any atom is -0.383 e. The van der Waals surface area contributed by atoms with Crippen LogP contribution in [0.4, 0.5) is 5.13 Å². The van der Waals surface area contributed by atoms with Crippen molar-refractivity contribution in [2.24, 2.45) is 0 Å². The highest BCUT2D eigenvalue weighted by Gasteiger charge is 2.14. The van der Waals surface area contributed by atoms with Gasteiger partial charge in [0.05, 0.1) is 18.8 Å². The first kappa shape index (κ1) is 15.0. The van der Waals surface area contributed by atoms with E-state index in [1.165, 1.54) is 11.3 Å². The molecule has 0 aliphatic rings. The molecule has 0 spiro atoms. The van der Waals surface area contributed by atoms with Crippen LogP contribution >= 0.6 is 22.7 Å². The molecule has 0 bridgehead atoms. The third-order valence-electron chi connectivity index (χ3n) is 2.59. The van der Waals surface area contributed by atoms with E-state index in [-0.39, 0.29) is 5.91 Å². The average molecular weight is 311 g/mol. The smallest absolute Gasteiger partial charge is 0.263 e. The van der Waals surface area contributed by atoms with Crippen molar-refractivity contribution in [1.29, 1.82) is 0 Å². The lowest BCUT2D eigenvalue weighted by molar-refractivity contribution is 0.0954. The van der Waals surface area contributed by atoms with Crippen LogP contribution in [0, 0.1) is 6.92 Å². The van der Waals surface area contributed by atoms with Gasteiger partial charge in [-0.25, -0.2) is 4.98 Å². The van der Waals surface area contributed by atoms with E-state index in [0.29, 0.717) is 24.6 Å². The molecule has 0 radical (unpaired) electrons. The standard InChI is InChI=1S/C13H17N3O2S2/c1-9-11(20-13(16-9)14-5-6-18-2)12(17)15-8-10-4-3-7-19-10/h3-4,7H,5-6,8H2,1-2H3,(H,14,16)(H,15,17). The zero-order valence-electron chi connectivity index (χ0n) is 11.4. The second kappa shape index (κ2) is 7.37. The van der Waals surface area contributed by atoms with Crippen LogP contribution in [0.3, 0.4) is 0 Å². The van der Waals surface area contributed by atoms with Crippen LogP contribution in [-0.2, 0) is 11.3 Å². The van der Waals surface area contributed by atoms with Crippen LogP contribution in [-0.4, -0.2) is 31.2 Å². The minimum atomic E-state index is -0.0757. The molecule has 0 aliphatic carbocycles. The Hall–Kier alpha value is -1.44. The third kappa shape index (κ3) is 4.03. The molecular weight excluding hydrogens is 294 g/mol. The Bertz CT molecular complexity index is 552. The number of carbonyl (C=O) groups excluding carboxylic acids is 1. The second-order valence-electron chi connectivity index (χ2n) is 4.12. The van der Waals surface area contributed by atoms with Crippen LogP contribution in [0.1, 0.15) is 20.2 Å². The molecule has 108 valence electrons. The van der Waals surface area contributed by atoms with Gasteiger partial charge in [0, 0.05) is 18.5 Å². The fourth-order valence-corrected chi connectivity index (χ4v) is 3.16. The maximum atomic E-state index is 12.1. The number of aromatic nitrogens is 1. The molecule has 2 aromatic rings. The largest absolute Gasteiger partial charge is 0.383 e. The summed E-state index contributed by atoms with van der Waals surface area (Å²) in [7, 11) is 1.65. The highest BCUT2D eigenvalue weighted by atomic mass is 32.1. The van der Waals surface area contributed by atoms with E-state index in [1.54, 1.807) is 18.4 Å². The summed E-state index contributed by atoms with van der Waals surface area (Å²) in [5.41, 5.74) is 0.749. The lowest BCUT2D eigenvalue weighted by atomic mass is 10.3. The average Bonchev–Trinajstić information content (AvgIpc) is 3.06. The van der Waals surface area contributed by atoms with Crippen LogP contribution in [0.5, 0.6) is 0 Å². The predicted octanol–water partition coefficient (Wildman–Crippen LogP) is 2.50. The number of nitrogens with one attached hydrogen (secondary N) is 2. The summed E-state index contributed by atoms with van der Waals surface area (Å²) in [6, 6.07) is 3.98. The molecule has 2 heterocycles. The fraction of sp³-hybridized carbons (Fsp3) is 0.385. The van der Waals surface area contributed by atoms with E-state index in [9.17, 15) is 4.79 Å². The summed E-state index contributed by atoms with van der Waals surface area (Å²) in [5.74, 6) is -0.0757. The SMILES string of the molecule is COCCNc1nc(C)c(C(=O)NCc2cccs2)s1. The van der Waals surface area contributed by atoms with E-state index in [2.05, 4.69) is 15.6 Å². The zero-order chi connectivity index (χ0) is 14.4. The Morgan fingerprint density at radius 3 is 3.05 bits per heavy atom. The number of amides is 1. The molecule has 2 aromatic heterocycles. The zero-order valence-corrected chi connectivity index (χ0v) is 13.1. The number of hydrogen-bond acceptors (Lipinski definition) is 6. The quantitative estimate of drug-likeness (QED) is 0.771. The van der Waals surface area contributed by atoms with Crippen molar-refractivity contribution in [3.63, 3.8) is 0 Å². The van der Waals surface area contributed by atoms with Gasteiger partial charge >= 0.3 is 0 Å². The number of carbonyl (C=O) groups is 1. The molecule has 0 saturated carbocycles. The molecule has 0 aromatic carbocycles. The number of nitrogens with zero attached hydrogens (tertiary/aromatic N) is 1. The topological polar surface area (TPSA) is 63.2 Å². The molecule has 2 N–H and O–H groups in total. The molecule has 0 fully saturated rings. The number of ether oxygens (including phenoxy) is 1. The molecule has 0 saturated heterocycles. The summed E-state index contributed by atoms with van der Waals surface area (Å²) in [4.78, 5) is 18.2. The number of thiophene rings is 1. The van der Waals surface area contributed by atoms with Crippen molar-refractivity contribution in [2.45, 2.75) is 13.5 Å². The molecule has 7 heteroatoms. The first-order valence-corrected chi connectivity index (χ1v) is 7.91. The van der Waals surface area contributed by atoms with Gasteiger partial charge in [0.25, 0.3) is 5.91 Å². The van der Waals surface area contributed by atoms with Crippen molar-refractivity contribution in [2.75, 3.05) is 25.6 Å². The van der Waals surface area contributed by atoms with Gasteiger partial charge in [0.2, 0.25) is 0 Å². The maximum absolute atomic E-state index is 12.1. The third-order valence-corrected chi connectivity index (χ3v) is 4.58. The van der Waals surface area contributed by atoms with Gasteiger partial charge in [-0.15, -0.1) is 11.3 Å². The van der Waals surface area contributed by atoms with Crippen molar-refractivity contribution in [1.82, 2.24) is 10.3 Å². The molecule has 0 unspecified atom stereocenters. The van der Waals surface area contributed by atoms with E-state index < -0.39 is 0 Å². The van der Waals surface area contributed by atoms with Gasteiger partial charge in [0.1, 0.15) is 4.88 Å². The van der Waals surface area contributed by atoms with Crippen molar-refractivity contribution < 1.29 is 9.53 Å². The number of thiazole rings is 1. The van der Waals surface area contributed by atoms with Gasteiger partial charge in [-0.05, 0) is 18.4 Å². The van der Waals surface area contributed by atoms with E-state index in [0.717, 1.165) is 15.7 Å². The first-order valence-electron chi connectivity index (χ1n) is 6.21. The van der Waals surface area contributed by atoms with Crippen molar-refractivity contribution in [3.05, 3.63) is 33.0 Å². The number of methoxy groups -OCH3 is 1. The van der Waals surface area contributed by atoms with Gasteiger partial charge in [0.15, 0.2) is 5.13 Å². The first-order chi connectivity index (χ1) is 9.70. The second-order valence-corrected chi connectivity index (χ2v) is 6.15. The number of hydrogen-bond donors (Lipinski definition) is 2. The van der Waals surface area contributed by atoms with E-state index in [4.69, 9.17) is 4.74 Å². The lowest BCUT2D eigenvalue weighted by Crippen LogP contribution is -2.22. The van der Waals surface area contributed by atoms with Crippen LogP contribution in [0.15, 0.2) is 17.5 Å². The Kier molecular flexibility index (Phi) is 5.51. The molecule has 1 amide bonds. The Balaban J connectivity index is 1.92. The van der Waals surface area contributed by atoms with Crippen LogP contribution < -0.4 is 10.6 Å². The van der Waals surface area contributed by atoms with Crippen LogP contribution in [0.25, 0.3) is 0 Å². The molecule has 5 nitrogen and oxygen atoms in total. The molecule has 0 atom stereocenters. The number of anilines is 1. The Morgan fingerprint density at radius 1 is 1.50 bits per heavy atom. The summed E-state index contributed by atoms with van der Waals surface area (Å²) in [5, 5.41) is 8.80. The van der Waals surface area contributed by atoms with E-state index in [1.807, 2.05) is 24.4 Å².